The van der Waals surface area contributed by atoms with Gasteiger partial charge in [-0.2, -0.15) is 0 Å². The largest absolute Gasteiger partial charge is 0.317 e. The lowest BCUT2D eigenvalue weighted by molar-refractivity contribution is 1.27. The molecule has 0 aliphatic carbocycles. The fraction of sp³-hybridized carbons (Fsp3) is 0.0545. The Labute approximate surface area is 337 Å². The molecule has 8 aromatic carbocycles. The zero-order valence-corrected chi connectivity index (χ0v) is 32.8. The van der Waals surface area contributed by atoms with Crippen LogP contribution in [0.2, 0.25) is 0 Å². The molecule has 8 rings (SSSR count). The summed E-state index contributed by atoms with van der Waals surface area (Å²) in [6.07, 6.45) is 10.9. The van der Waals surface area contributed by atoms with Gasteiger partial charge < -0.3 is 9.80 Å². The van der Waals surface area contributed by atoms with E-state index in [2.05, 4.69) is 255 Å². The SMILES string of the molecule is Cc1ccc(N(C=C(c2ccccc2)c2ccccc2)c2ccc(/C=C/C=C/c3ccc(N(c4ccc(C)cc4)c4ccc(C)cc4)c4ccccc34)cc2)cc1. The van der Waals surface area contributed by atoms with Crippen LogP contribution in [0.1, 0.15) is 38.9 Å². The van der Waals surface area contributed by atoms with Gasteiger partial charge in [0.05, 0.1) is 5.69 Å². The van der Waals surface area contributed by atoms with E-state index < -0.39 is 0 Å². The van der Waals surface area contributed by atoms with Crippen molar-refractivity contribution in [3.63, 3.8) is 0 Å². The van der Waals surface area contributed by atoms with Crippen molar-refractivity contribution >= 4 is 56.9 Å². The molecule has 0 saturated carbocycles. The maximum absolute atomic E-state index is 2.36. The van der Waals surface area contributed by atoms with Gasteiger partial charge in [0.1, 0.15) is 0 Å². The summed E-state index contributed by atoms with van der Waals surface area (Å²) in [6, 6.07) is 69.5. The number of fused-ring (bicyclic) bond motifs is 1. The lowest BCUT2D eigenvalue weighted by atomic mass is 9.98. The van der Waals surface area contributed by atoms with E-state index in [1.165, 1.54) is 44.2 Å². The number of aryl methyl sites for hydroxylation is 3. The molecular formula is C55H46N2. The highest BCUT2D eigenvalue weighted by atomic mass is 15.1. The van der Waals surface area contributed by atoms with Gasteiger partial charge in [-0.15, -0.1) is 0 Å². The van der Waals surface area contributed by atoms with Crippen LogP contribution in [0.4, 0.5) is 28.4 Å². The number of anilines is 5. The Morgan fingerprint density at radius 3 is 1.35 bits per heavy atom. The monoisotopic (exact) mass is 734 g/mol. The van der Waals surface area contributed by atoms with Crippen LogP contribution in [0.15, 0.2) is 212 Å². The number of nitrogens with zero attached hydrogens (tertiary/aromatic N) is 2. The van der Waals surface area contributed by atoms with E-state index in [0.29, 0.717) is 0 Å². The van der Waals surface area contributed by atoms with Crippen LogP contribution in [0.25, 0.3) is 28.5 Å². The third-order valence-corrected chi connectivity index (χ3v) is 10.3. The summed E-state index contributed by atoms with van der Waals surface area (Å²) in [7, 11) is 0. The van der Waals surface area contributed by atoms with Crippen molar-refractivity contribution in [3.05, 3.63) is 251 Å². The Morgan fingerprint density at radius 2 is 0.825 bits per heavy atom. The first kappa shape index (κ1) is 36.8. The fourth-order valence-electron chi connectivity index (χ4n) is 7.22. The van der Waals surface area contributed by atoms with Crippen molar-refractivity contribution in [2.45, 2.75) is 20.8 Å². The minimum atomic E-state index is 1.09. The van der Waals surface area contributed by atoms with Crippen molar-refractivity contribution in [1.29, 1.82) is 0 Å². The molecule has 0 heterocycles. The van der Waals surface area contributed by atoms with Gasteiger partial charge in [-0.25, -0.2) is 0 Å². The molecule has 0 spiro atoms. The summed E-state index contributed by atoms with van der Waals surface area (Å²) in [5.74, 6) is 0. The third kappa shape index (κ3) is 8.57. The van der Waals surface area contributed by atoms with Crippen LogP contribution in [-0.4, -0.2) is 0 Å². The number of benzene rings is 8. The summed E-state index contributed by atoms with van der Waals surface area (Å²) in [6.45, 7) is 6.39. The molecular weight excluding hydrogens is 689 g/mol. The minimum Gasteiger partial charge on any atom is -0.317 e. The molecule has 0 aliphatic rings. The maximum Gasteiger partial charge on any atom is 0.0540 e. The molecule has 0 aromatic heterocycles. The molecule has 0 radical (unpaired) electrons. The molecule has 0 bridgehead atoms. The maximum atomic E-state index is 2.36. The molecule has 0 unspecified atom stereocenters. The fourth-order valence-corrected chi connectivity index (χ4v) is 7.22. The van der Waals surface area contributed by atoms with E-state index in [9.17, 15) is 0 Å². The lowest BCUT2D eigenvalue weighted by Gasteiger charge is -2.27. The minimum absolute atomic E-state index is 1.09. The third-order valence-electron chi connectivity index (χ3n) is 10.3. The predicted molar refractivity (Wildman–Crippen MR) is 246 cm³/mol. The van der Waals surface area contributed by atoms with Gasteiger partial charge >= 0.3 is 0 Å². The molecule has 0 atom stereocenters. The Balaban J connectivity index is 1.08. The van der Waals surface area contributed by atoms with Crippen molar-refractivity contribution in [1.82, 2.24) is 0 Å². The zero-order valence-electron chi connectivity index (χ0n) is 32.8. The highest BCUT2D eigenvalue weighted by Crippen LogP contribution is 2.40. The van der Waals surface area contributed by atoms with E-state index in [4.69, 9.17) is 0 Å². The quantitative estimate of drug-likeness (QED) is 0.122. The smallest absolute Gasteiger partial charge is 0.0540 e. The zero-order chi connectivity index (χ0) is 39.0. The lowest BCUT2D eigenvalue weighted by Crippen LogP contribution is -2.10. The van der Waals surface area contributed by atoms with Gasteiger partial charge in [-0.1, -0.05) is 181 Å². The van der Waals surface area contributed by atoms with E-state index in [1.54, 1.807) is 0 Å². The summed E-state index contributed by atoms with van der Waals surface area (Å²) in [4.78, 5) is 4.65. The Morgan fingerprint density at radius 1 is 0.386 bits per heavy atom. The first-order valence-electron chi connectivity index (χ1n) is 19.6. The van der Waals surface area contributed by atoms with Crippen LogP contribution in [0, 0.1) is 20.8 Å². The van der Waals surface area contributed by atoms with Crippen molar-refractivity contribution < 1.29 is 0 Å². The molecule has 276 valence electrons. The van der Waals surface area contributed by atoms with Crippen LogP contribution < -0.4 is 9.80 Å². The highest BCUT2D eigenvalue weighted by molar-refractivity contribution is 6.02. The second-order valence-corrected chi connectivity index (χ2v) is 14.5. The van der Waals surface area contributed by atoms with Crippen LogP contribution in [-0.2, 0) is 0 Å². The summed E-state index contributed by atoms with van der Waals surface area (Å²) >= 11 is 0. The molecule has 0 amide bonds. The molecule has 8 aromatic rings. The van der Waals surface area contributed by atoms with E-state index in [0.717, 1.165) is 39.6 Å². The van der Waals surface area contributed by atoms with Crippen LogP contribution in [0.3, 0.4) is 0 Å². The van der Waals surface area contributed by atoms with Gasteiger partial charge in [0.2, 0.25) is 0 Å². The normalized spacial score (nSPS) is 11.3. The van der Waals surface area contributed by atoms with E-state index in [1.807, 2.05) is 0 Å². The van der Waals surface area contributed by atoms with Gasteiger partial charge in [0.25, 0.3) is 0 Å². The second kappa shape index (κ2) is 17.1. The molecule has 0 fully saturated rings. The van der Waals surface area contributed by atoms with Crippen LogP contribution >= 0.6 is 0 Å². The van der Waals surface area contributed by atoms with Gasteiger partial charge in [-0.05, 0) is 103 Å². The highest BCUT2D eigenvalue weighted by Gasteiger charge is 2.16. The molecule has 57 heavy (non-hydrogen) atoms. The Kier molecular flexibility index (Phi) is 11.0. The second-order valence-electron chi connectivity index (χ2n) is 14.5. The molecule has 2 nitrogen and oxygen atoms in total. The first-order valence-corrected chi connectivity index (χ1v) is 19.6. The van der Waals surface area contributed by atoms with E-state index >= 15 is 0 Å². The predicted octanol–water partition coefficient (Wildman–Crippen LogP) is 15.2. The molecule has 0 N–H and O–H groups in total. The van der Waals surface area contributed by atoms with Gasteiger partial charge in [-0.3, -0.25) is 0 Å². The average molecular weight is 735 g/mol. The topological polar surface area (TPSA) is 6.48 Å². The van der Waals surface area contributed by atoms with Crippen molar-refractivity contribution in [2.75, 3.05) is 9.80 Å². The number of allylic oxidation sites excluding steroid dienone is 2. The van der Waals surface area contributed by atoms with Crippen molar-refractivity contribution in [3.8, 4) is 0 Å². The van der Waals surface area contributed by atoms with Gasteiger partial charge in [0, 0.05) is 39.9 Å². The standard InChI is InChI=1S/C55H46N2/c1-41-22-31-48(32-23-41)56(40-54(45-15-6-4-7-16-45)46-17-8-5-9-18-46)49-37-28-44(29-38-49)14-10-11-19-47-30-39-55(53-21-13-12-20-52(47)53)57(50-33-24-42(2)25-34-50)51-35-26-43(3)27-36-51/h4-40H,1-3H3/b14-10+,19-11+. The number of hydrogen-bond acceptors (Lipinski definition) is 2. The van der Waals surface area contributed by atoms with Crippen molar-refractivity contribution in [2.24, 2.45) is 0 Å². The summed E-state index contributed by atoms with van der Waals surface area (Å²) in [5, 5.41) is 2.41. The van der Waals surface area contributed by atoms with Crippen LogP contribution in [0.5, 0.6) is 0 Å². The molecule has 0 saturated heterocycles. The summed E-state index contributed by atoms with van der Waals surface area (Å²) < 4.78 is 0. The Hall–Kier alpha value is -7.16. The Bertz CT molecular complexity index is 2570. The van der Waals surface area contributed by atoms with E-state index in [-0.39, 0.29) is 0 Å². The first-order chi connectivity index (χ1) is 28.0. The molecule has 0 aliphatic heterocycles. The average Bonchev–Trinajstić information content (AvgIpc) is 3.26. The number of hydrogen-bond donors (Lipinski definition) is 0. The summed E-state index contributed by atoms with van der Waals surface area (Å²) in [5.41, 5.74) is 15.2. The van der Waals surface area contributed by atoms with Gasteiger partial charge in [0.15, 0.2) is 0 Å². The molecule has 2 heteroatoms. The number of rotatable bonds is 11.